The number of hydrogen-bond donors (Lipinski definition) is 3. The molecule has 0 fully saturated rings. The molecule has 4 N–H and O–H groups in total. The molecule has 0 saturated carbocycles. The average molecular weight is 302 g/mol. The first kappa shape index (κ1) is 15.6. The van der Waals surface area contributed by atoms with Crippen molar-refractivity contribution in [2.75, 3.05) is 7.11 Å². The molecule has 6 heteroatoms. The molecular formula is C16H18N2O4. The van der Waals surface area contributed by atoms with Crippen LogP contribution in [0.1, 0.15) is 32.7 Å². The van der Waals surface area contributed by atoms with E-state index in [2.05, 4.69) is 4.98 Å². The van der Waals surface area contributed by atoms with Gasteiger partial charge in [0.2, 0.25) is 5.91 Å². The number of pyridine rings is 1. The fourth-order valence-electron chi connectivity index (χ4n) is 2.39. The molecular weight excluding hydrogens is 284 g/mol. The Morgan fingerprint density at radius 1 is 1.32 bits per heavy atom. The van der Waals surface area contributed by atoms with Crippen molar-refractivity contribution < 1.29 is 14.6 Å². The number of nitrogens with two attached hydrogens (primary N) is 1. The number of amides is 1. The van der Waals surface area contributed by atoms with Crippen molar-refractivity contribution in [3.63, 3.8) is 0 Å². The lowest BCUT2D eigenvalue weighted by atomic mass is 9.98. The third kappa shape index (κ3) is 2.95. The first-order valence-electron chi connectivity index (χ1n) is 6.72. The molecule has 1 heterocycles. The standard InChI is InChI=1S/C16H18N2O4/c1-8-4-9(2)18-16(21)12(8)6-10-5-11(15(17)20)7-13(22-3)14(10)19/h4-5,7,19H,6H2,1-3H3,(H2,17,20)(H,18,21). The lowest BCUT2D eigenvalue weighted by molar-refractivity contribution is 0.1000. The summed E-state index contributed by atoms with van der Waals surface area (Å²) in [7, 11) is 1.38. The maximum atomic E-state index is 12.1. The number of methoxy groups -OCH3 is 1. The summed E-state index contributed by atoms with van der Waals surface area (Å²) in [6.45, 7) is 3.62. The summed E-state index contributed by atoms with van der Waals surface area (Å²) in [5.41, 5.74) is 7.78. The van der Waals surface area contributed by atoms with Gasteiger partial charge < -0.3 is 20.6 Å². The number of nitrogens with one attached hydrogen (secondary N) is 1. The van der Waals surface area contributed by atoms with E-state index in [1.807, 2.05) is 13.0 Å². The molecule has 0 spiro atoms. The number of ether oxygens (including phenoxy) is 1. The van der Waals surface area contributed by atoms with Gasteiger partial charge in [0, 0.05) is 28.8 Å². The Balaban J connectivity index is 2.56. The van der Waals surface area contributed by atoms with Crippen molar-refractivity contribution in [3.05, 3.63) is 56.5 Å². The molecule has 0 unspecified atom stereocenters. The van der Waals surface area contributed by atoms with Gasteiger partial charge in [-0.15, -0.1) is 0 Å². The molecule has 1 amide bonds. The SMILES string of the molecule is COc1cc(C(N)=O)cc(Cc2c(C)cc(C)[nH]c2=O)c1O. The highest BCUT2D eigenvalue weighted by Crippen LogP contribution is 2.32. The van der Waals surface area contributed by atoms with E-state index >= 15 is 0 Å². The molecule has 0 radical (unpaired) electrons. The van der Waals surface area contributed by atoms with Crippen LogP contribution in [-0.2, 0) is 6.42 Å². The van der Waals surface area contributed by atoms with Gasteiger partial charge in [0.1, 0.15) is 0 Å². The smallest absolute Gasteiger partial charge is 0.251 e. The Morgan fingerprint density at radius 2 is 2.00 bits per heavy atom. The molecule has 1 aromatic carbocycles. The zero-order chi connectivity index (χ0) is 16.4. The van der Waals surface area contributed by atoms with Crippen LogP contribution >= 0.6 is 0 Å². The van der Waals surface area contributed by atoms with Crippen LogP contribution in [0.25, 0.3) is 0 Å². The number of phenols is 1. The van der Waals surface area contributed by atoms with Gasteiger partial charge in [0.15, 0.2) is 11.5 Å². The van der Waals surface area contributed by atoms with E-state index in [0.29, 0.717) is 11.1 Å². The molecule has 0 bridgehead atoms. The Morgan fingerprint density at radius 3 is 2.55 bits per heavy atom. The highest BCUT2D eigenvalue weighted by molar-refractivity contribution is 5.93. The van der Waals surface area contributed by atoms with Gasteiger partial charge in [-0.1, -0.05) is 0 Å². The Hall–Kier alpha value is -2.76. The normalized spacial score (nSPS) is 10.5. The molecule has 0 aliphatic rings. The largest absolute Gasteiger partial charge is 0.504 e. The number of carbonyl (C=O) groups excluding carboxylic acids is 1. The van der Waals surface area contributed by atoms with Gasteiger partial charge >= 0.3 is 0 Å². The monoisotopic (exact) mass is 302 g/mol. The molecule has 0 atom stereocenters. The van der Waals surface area contributed by atoms with Gasteiger partial charge in [-0.2, -0.15) is 0 Å². The van der Waals surface area contributed by atoms with E-state index in [0.717, 1.165) is 11.3 Å². The van der Waals surface area contributed by atoms with Gasteiger partial charge in [-0.05, 0) is 37.6 Å². The van der Waals surface area contributed by atoms with E-state index in [1.54, 1.807) is 6.92 Å². The predicted molar refractivity (Wildman–Crippen MR) is 82.5 cm³/mol. The number of benzene rings is 1. The predicted octanol–water partition coefficient (Wildman–Crippen LogP) is 1.40. The van der Waals surface area contributed by atoms with Gasteiger partial charge in [-0.3, -0.25) is 9.59 Å². The van der Waals surface area contributed by atoms with Crippen LogP contribution < -0.4 is 16.0 Å². The number of H-pyrrole nitrogens is 1. The number of aromatic amines is 1. The number of rotatable bonds is 4. The first-order valence-corrected chi connectivity index (χ1v) is 6.72. The molecule has 22 heavy (non-hydrogen) atoms. The highest BCUT2D eigenvalue weighted by atomic mass is 16.5. The van der Waals surface area contributed by atoms with Crippen LogP contribution in [0.5, 0.6) is 11.5 Å². The van der Waals surface area contributed by atoms with Crippen LogP contribution in [0.4, 0.5) is 0 Å². The Labute approximate surface area is 127 Å². The Bertz CT molecular complexity index is 793. The van der Waals surface area contributed by atoms with E-state index in [9.17, 15) is 14.7 Å². The minimum absolute atomic E-state index is 0.105. The second kappa shape index (κ2) is 5.93. The van der Waals surface area contributed by atoms with Crippen molar-refractivity contribution in [2.45, 2.75) is 20.3 Å². The maximum absolute atomic E-state index is 12.1. The van der Waals surface area contributed by atoms with E-state index < -0.39 is 5.91 Å². The van der Waals surface area contributed by atoms with Crippen LogP contribution in [-0.4, -0.2) is 23.1 Å². The van der Waals surface area contributed by atoms with Crippen molar-refractivity contribution >= 4 is 5.91 Å². The van der Waals surface area contributed by atoms with Crippen LogP contribution in [0.2, 0.25) is 0 Å². The summed E-state index contributed by atoms with van der Waals surface area (Å²) < 4.78 is 5.05. The van der Waals surface area contributed by atoms with Crippen LogP contribution in [0.3, 0.4) is 0 Å². The molecule has 116 valence electrons. The van der Waals surface area contributed by atoms with Crippen molar-refractivity contribution in [2.24, 2.45) is 5.73 Å². The molecule has 2 rings (SSSR count). The van der Waals surface area contributed by atoms with E-state index in [4.69, 9.17) is 10.5 Å². The second-order valence-electron chi connectivity index (χ2n) is 5.17. The van der Waals surface area contributed by atoms with Crippen molar-refractivity contribution in [1.82, 2.24) is 4.98 Å². The first-order chi connectivity index (χ1) is 10.3. The lowest BCUT2D eigenvalue weighted by Crippen LogP contribution is -2.17. The number of carbonyl (C=O) groups is 1. The minimum Gasteiger partial charge on any atom is -0.504 e. The highest BCUT2D eigenvalue weighted by Gasteiger charge is 2.16. The third-order valence-electron chi connectivity index (χ3n) is 3.52. The number of primary amides is 1. The number of aryl methyl sites for hydroxylation is 2. The quantitative estimate of drug-likeness (QED) is 0.793. The average Bonchev–Trinajstić information content (AvgIpc) is 2.43. The summed E-state index contributed by atoms with van der Waals surface area (Å²) >= 11 is 0. The van der Waals surface area contributed by atoms with Crippen LogP contribution in [0, 0.1) is 13.8 Å². The molecule has 1 aromatic heterocycles. The second-order valence-corrected chi connectivity index (χ2v) is 5.17. The summed E-state index contributed by atoms with van der Waals surface area (Å²) in [5.74, 6) is -0.589. The summed E-state index contributed by atoms with van der Waals surface area (Å²) in [6.07, 6.45) is 0.171. The van der Waals surface area contributed by atoms with Crippen molar-refractivity contribution in [3.8, 4) is 11.5 Å². The fourth-order valence-corrected chi connectivity index (χ4v) is 2.39. The summed E-state index contributed by atoms with van der Waals surface area (Å²) in [6, 6.07) is 4.69. The summed E-state index contributed by atoms with van der Waals surface area (Å²) in [5, 5.41) is 10.2. The lowest BCUT2D eigenvalue weighted by Gasteiger charge is -2.12. The molecule has 2 aromatic rings. The zero-order valence-corrected chi connectivity index (χ0v) is 12.7. The Kier molecular flexibility index (Phi) is 4.21. The maximum Gasteiger partial charge on any atom is 0.251 e. The van der Waals surface area contributed by atoms with Gasteiger partial charge in [0.25, 0.3) is 5.56 Å². The fraction of sp³-hybridized carbons (Fsp3) is 0.250. The van der Waals surface area contributed by atoms with Crippen molar-refractivity contribution in [1.29, 1.82) is 0 Å². The van der Waals surface area contributed by atoms with E-state index in [-0.39, 0.29) is 29.0 Å². The number of phenolic OH excluding ortho intramolecular Hbond substituents is 1. The molecule has 0 aliphatic heterocycles. The number of aromatic nitrogens is 1. The minimum atomic E-state index is -0.630. The topological polar surface area (TPSA) is 105 Å². The van der Waals surface area contributed by atoms with Gasteiger partial charge in [-0.25, -0.2) is 0 Å². The van der Waals surface area contributed by atoms with Crippen LogP contribution in [0.15, 0.2) is 23.0 Å². The number of hydrogen-bond acceptors (Lipinski definition) is 4. The molecule has 0 aliphatic carbocycles. The van der Waals surface area contributed by atoms with Gasteiger partial charge in [0.05, 0.1) is 7.11 Å². The zero-order valence-electron chi connectivity index (χ0n) is 12.7. The molecule has 6 nitrogen and oxygen atoms in total. The summed E-state index contributed by atoms with van der Waals surface area (Å²) in [4.78, 5) is 26.2. The third-order valence-corrected chi connectivity index (χ3v) is 3.52. The van der Waals surface area contributed by atoms with E-state index in [1.165, 1.54) is 19.2 Å². The number of aromatic hydroxyl groups is 1. The molecule has 0 saturated heterocycles.